The molecule has 0 aromatic carbocycles. The minimum Gasteiger partial charge on any atom is -0.443 e. The van der Waals surface area contributed by atoms with Crippen LogP contribution in [0.25, 0.3) is 11.3 Å². The molecular weight excluding hydrogens is 286 g/mol. The van der Waals surface area contributed by atoms with Crippen LogP contribution in [0.4, 0.5) is 10.5 Å². The highest BCUT2D eigenvalue weighted by atomic mass is 16.6. The van der Waals surface area contributed by atoms with Gasteiger partial charge in [-0.3, -0.25) is 15.1 Å². The summed E-state index contributed by atoms with van der Waals surface area (Å²) < 4.78 is 6.75. The van der Waals surface area contributed by atoms with Crippen LogP contribution < -0.4 is 0 Å². The third-order valence-corrected chi connectivity index (χ3v) is 2.88. The van der Waals surface area contributed by atoms with Gasteiger partial charge in [-0.1, -0.05) is 0 Å². The highest BCUT2D eigenvalue weighted by Gasteiger charge is 2.22. The zero-order valence-corrected chi connectivity index (χ0v) is 12.9. The monoisotopic (exact) mass is 303 g/mol. The van der Waals surface area contributed by atoms with Crippen LogP contribution >= 0.6 is 0 Å². The summed E-state index contributed by atoms with van der Waals surface area (Å²) >= 11 is 0. The third-order valence-electron chi connectivity index (χ3n) is 2.88. The lowest BCUT2D eigenvalue weighted by atomic mass is 10.2. The van der Waals surface area contributed by atoms with Crippen LogP contribution in [0.1, 0.15) is 26.5 Å². The number of pyridine rings is 1. The molecule has 2 heterocycles. The Morgan fingerprint density at radius 3 is 2.59 bits per heavy atom. The normalized spacial score (nSPS) is 11.3. The first-order valence-corrected chi connectivity index (χ1v) is 6.70. The molecule has 0 atom stereocenters. The topological polar surface area (TPSA) is 87.3 Å². The van der Waals surface area contributed by atoms with E-state index in [9.17, 15) is 14.9 Å². The zero-order chi connectivity index (χ0) is 16.5. The van der Waals surface area contributed by atoms with Gasteiger partial charge in [0, 0.05) is 23.5 Å². The number of ether oxygens (including phenoxy) is 1. The molecule has 0 fully saturated rings. The van der Waals surface area contributed by atoms with Gasteiger partial charge < -0.3 is 4.74 Å². The fourth-order valence-electron chi connectivity index (χ4n) is 1.98. The van der Waals surface area contributed by atoms with Gasteiger partial charge in [-0.2, -0.15) is 0 Å². The van der Waals surface area contributed by atoms with Crippen molar-refractivity contribution in [3.8, 4) is 11.3 Å². The fourth-order valence-corrected chi connectivity index (χ4v) is 1.98. The molecule has 0 amide bonds. The quantitative estimate of drug-likeness (QED) is 0.625. The Bertz CT molecular complexity index is 729. The Morgan fingerprint density at radius 2 is 2.00 bits per heavy atom. The summed E-state index contributed by atoms with van der Waals surface area (Å²) in [5, 5.41) is 10.9. The van der Waals surface area contributed by atoms with E-state index >= 15 is 0 Å². The molecule has 116 valence electrons. The number of carbonyl (C=O) groups excluding carboxylic acids is 1. The van der Waals surface area contributed by atoms with Crippen LogP contribution in [0.5, 0.6) is 0 Å². The number of aromatic nitrogens is 2. The molecule has 0 unspecified atom stereocenters. The Balaban J connectivity index is 2.48. The summed E-state index contributed by atoms with van der Waals surface area (Å²) in [6.45, 7) is 7.09. The Labute approximate surface area is 127 Å². The van der Waals surface area contributed by atoms with E-state index in [1.165, 1.54) is 16.8 Å². The molecule has 2 rings (SSSR count). The third kappa shape index (κ3) is 3.30. The predicted molar refractivity (Wildman–Crippen MR) is 80.7 cm³/mol. The minimum absolute atomic E-state index is 0.132. The molecule has 0 saturated carbocycles. The Hall–Kier alpha value is -2.70. The lowest BCUT2D eigenvalue weighted by Gasteiger charge is -2.21. The van der Waals surface area contributed by atoms with E-state index < -0.39 is 16.6 Å². The molecule has 2 aromatic rings. The Kier molecular flexibility index (Phi) is 3.99. The number of nitrogens with zero attached hydrogens (tertiary/aromatic N) is 3. The summed E-state index contributed by atoms with van der Waals surface area (Å²) in [6, 6.07) is 4.83. The van der Waals surface area contributed by atoms with E-state index in [1.54, 1.807) is 39.8 Å². The van der Waals surface area contributed by atoms with Crippen LogP contribution in [0, 0.1) is 17.0 Å². The standard InChI is InChI=1S/C15H17N3O4/c1-10-5-6-13(17(10)14(19)22-15(2,3)4)11-7-12(18(20)21)9-16-8-11/h5-9H,1-4H3. The van der Waals surface area contributed by atoms with Crippen molar-refractivity contribution >= 4 is 11.8 Å². The molecule has 0 aliphatic heterocycles. The molecule has 0 N–H and O–H groups in total. The summed E-state index contributed by atoms with van der Waals surface area (Å²) in [6.07, 6.45) is 2.11. The maximum Gasteiger partial charge on any atom is 0.419 e. The highest BCUT2D eigenvalue weighted by Crippen LogP contribution is 2.26. The van der Waals surface area contributed by atoms with Crippen LogP contribution in [-0.4, -0.2) is 26.2 Å². The van der Waals surface area contributed by atoms with E-state index in [0.717, 1.165) is 6.20 Å². The van der Waals surface area contributed by atoms with Crippen molar-refractivity contribution in [2.45, 2.75) is 33.3 Å². The molecular formula is C15H17N3O4. The van der Waals surface area contributed by atoms with Crippen LogP contribution in [-0.2, 0) is 4.74 Å². The van der Waals surface area contributed by atoms with Gasteiger partial charge in [0.05, 0.1) is 10.6 Å². The van der Waals surface area contributed by atoms with E-state index in [1.807, 2.05) is 0 Å². The molecule has 7 heteroatoms. The smallest absolute Gasteiger partial charge is 0.419 e. The van der Waals surface area contributed by atoms with Gasteiger partial charge in [-0.05, 0) is 39.8 Å². The largest absolute Gasteiger partial charge is 0.443 e. The number of rotatable bonds is 2. The Morgan fingerprint density at radius 1 is 1.32 bits per heavy atom. The van der Waals surface area contributed by atoms with Gasteiger partial charge in [0.15, 0.2) is 0 Å². The fraction of sp³-hybridized carbons (Fsp3) is 0.333. The van der Waals surface area contributed by atoms with Crippen molar-refractivity contribution in [3.63, 3.8) is 0 Å². The number of hydrogen-bond acceptors (Lipinski definition) is 5. The number of carbonyl (C=O) groups is 1. The average molecular weight is 303 g/mol. The molecule has 7 nitrogen and oxygen atoms in total. The second-order valence-corrected chi connectivity index (χ2v) is 5.86. The minimum atomic E-state index is -0.633. The number of nitro groups is 1. The molecule has 2 aromatic heterocycles. The molecule has 0 bridgehead atoms. The number of aryl methyl sites for hydroxylation is 1. The van der Waals surface area contributed by atoms with Gasteiger partial charge >= 0.3 is 6.09 Å². The van der Waals surface area contributed by atoms with Crippen molar-refractivity contribution in [2.75, 3.05) is 0 Å². The van der Waals surface area contributed by atoms with Crippen molar-refractivity contribution in [3.05, 3.63) is 46.4 Å². The molecule has 0 radical (unpaired) electrons. The van der Waals surface area contributed by atoms with E-state index in [0.29, 0.717) is 17.0 Å². The van der Waals surface area contributed by atoms with Gasteiger partial charge in [0.1, 0.15) is 11.8 Å². The van der Waals surface area contributed by atoms with E-state index in [4.69, 9.17) is 4.74 Å². The summed E-state index contributed by atoms with van der Waals surface area (Å²) in [5.74, 6) is 0. The average Bonchev–Trinajstić information content (AvgIpc) is 2.79. The van der Waals surface area contributed by atoms with E-state index in [-0.39, 0.29) is 5.69 Å². The number of hydrogen-bond donors (Lipinski definition) is 0. The second-order valence-electron chi connectivity index (χ2n) is 5.86. The van der Waals surface area contributed by atoms with Crippen molar-refractivity contribution in [1.82, 2.24) is 9.55 Å². The second kappa shape index (κ2) is 5.59. The first-order chi connectivity index (χ1) is 10.2. The molecule has 0 aliphatic carbocycles. The summed E-state index contributed by atoms with van der Waals surface area (Å²) in [5.41, 5.74) is 0.894. The van der Waals surface area contributed by atoms with Gasteiger partial charge in [-0.25, -0.2) is 9.36 Å². The lowest BCUT2D eigenvalue weighted by molar-refractivity contribution is -0.385. The lowest BCUT2D eigenvalue weighted by Crippen LogP contribution is -2.28. The van der Waals surface area contributed by atoms with Crippen molar-refractivity contribution < 1.29 is 14.5 Å². The van der Waals surface area contributed by atoms with Crippen molar-refractivity contribution in [1.29, 1.82) is 0 Å². The molecule has 0 spiro atoms. The molecule has 0 saturated heterocycles. The first kappa shape index (κ1) is 15.7. The van der Waals surface area contributed by atoms with Crippen LogP contribution in [0.15, 0.2) is 30.6 Å². The van der Waals surface area contributed by atoms with Crippen LogP contribution in [0.2, 0.25) is 0 Å². The van der Waals surface area contributed by atoms with Crippen molar-refractivity contribution in [2.24, 2.45) is 0 Å². The zero-order valence-electron chi connectivity index (χ0n) is 12.9. The highest BCUT2D eigenvalue weighted by molar-refractivity contribution is 5.80. The maximum atomic E-state index is 12.3. The van der Waals surface area contributed by atoms with Gasteiger partial charge in [-0.15, -0.1) is 0 Å². The SMILES string of the molecule is Cc1ccc(-c2cncc([N+](=O)[O-])c2)n1C(=O)OC(C)(C)C. The van der Waals surface area contributed by atoms with E-state index in [2.05, 4.69) is 4.98 Å². The summed E-state index contributed by atoms with van der Waals surface area (Å²) in [4.78, 5) is 26.5. The first-order valence-electron chi connectivity index (χ1n) is 6.70. The van der Waals surface area contributed by atoms with Crippen LogP contribution in [0.3, 0.4) is 0 Å². The molecule has 22 heavy (non-hydrogen) atoms. The van der Waals surface area contributed by atoms with Gasteiger partial charge in [0.25, 0.3) is 5.69 Å². The maximum absolute atomic E-state index is 12.3. The molecule has 0 aliphatic rings. The summed E-state index contributed by atoms with van der Waals surface area (Å²) in [7, 11) is 0. The predicted octanol–water partition coefficient (Wildman–Crippen LogP) is 3.55. The van der Waals surface area contributed by atoms with Gasteiger partial charge in [0.2, 0.25) is 0 Å².